The molecule has 0 spiro atoms. The molecular formula is C8H12O4S. The highest BCUT2D eigenvalue weighted by molar-refractivity contribution is 7.81. The summed E-state index contributed by atoms with van der Waals surface area (Å²) in [6.45, 7) is 0. The van der Waals surface area contributed by atoms with Gasteiger partial charge in [0.15, 0.2) is 0 Å². The second-order valence-electron chi connectivity index (χ2n) is 3.36. The highest BCUT2D eigenvalue weighted by Crippen LogP contribution is 2.32. The van der Waals surface area contributed by atoms with E-state index in [1.807, 2.05) is 0 Å². The Bertz CT molecular complexity index is 228. The predicted octanol–water partition coefficient (Wildman–Crippen LogP) is 0.870. The average Bonchev–Trinajstić information content (AvgIpc) is 2.03. The minimum atomic E-state index is -0.871. The zero-order valence-corrected chi connectivity index (χ0v) is 7.91. The molecule has 13 heavy (non-hydrogen) atoms. The van der Waals surface area contributed by atoms with E-state index < -0.39 is 23.8 Å². The first-order chi connectivity index (χ1) is 6.02. The van der Waals surface area contributed by atoms with Crippen LogP contribution in [0.1, 0.15) is 19.3 Å². The molecule has 1 aliphatic rings. The lowest BCUT2D eigenvalue weighted by Crippen LogP contribution is -2.34. The molecule has 0 heterocycles. The van der Waals surface area contributed by atoms with Crippen LogP contribution in [0.15, 0.2) is 0 Å². The molecule has 0 aromatic rings. The third kappa shape index (κ3) is 2.37. The Hall–Kier alpha value is -0.710. The zero-order valence-electron chi connectivity index (χ0n) is 7.01. The summed E-state index contributed by atoms with van der Waals surface area (Å²) in [7, 11) is 0. The SMILES string of the molecule is O=C(O)C1CCC(C(=O)O)C(S)C1. The molecule has 1 rings (SSSR count). The lowest BCUT2D eigenvalue weighted by atomic mass is 9.81. The second kappa shape index (κ2) is 4.00. The molecule has 0 radical (unpaired) electrons. The Morgan fingerprint density at radius 3 is 2.15 bits per heavy atom. The number of aliphatic carboxylic acids is 2. The minimum Gasteiger partial charge on any atom is -0.481 e. The predicted molar refractivity (Wildman–Crippen MR) is 48.9 cm³/mol. The lowest BCUT2D eigenvalue weighted by molar-refractivity contribution is -0.147. The maximum atomic E-state index is 10.6. The van der Waals surface area contributed by atoms with Gasteiger partial charge in [-0.2, -0.15) is 12.6 Å². The van der Waals surface area contributed by atoms with Gasteiger partial charge in [-0.3, -0.25) is 9.59 Å². The van der Waals surface area contributed by atoms with E-state index in [9.17, 15) is 9.59 Å². The largest absolute Gasteiger partial charge is 0.481 e. The second-order valence-corrected chi connectivity index (χ2v) is 4.02. The van der Waals surface area contributed by atoms with Crippen LogP contribution in [0.3, 0.4) is 0 Å². The van der Waals surface area contributed by atoms with Crippen LogP contribution >= 0.6 is 12.6 Å². The van der Waals surface area contributed by atoms with E-state index in [1.54, 1.807) is 0 Å². The van der Waals surface area contributed by atoms with Crippen LogP contribution in [0, 0.1) is 11.8 Å². The molecule has 5 heteroatoms. The van der Waals surface area contributed by atoms with E-state index in [4.69, 9.17) is 10.2 Å². The summed E-state index contributed by atoms with van der Waals surface area (Å²) in [4.78, 5) is 21.2. The number of hydrogen-bond acceptors (Lipinski definition) is 3. The van der Waals surface area contributed by atoms with Gasteiger partial charge in [-0.1, -0.05) is 0 Å². The van der Waals surface area contributed by atoms with E-state index in [0.29, 0.717) is 19.3 Å². The van der Waals surface area contributed by atoms with Gasteiger partial charge in [-0.05, 0) is 19.3 Å². The Labute approximate surface area is 81.4 Å². The monoisotopic (exact) mass is 204 g/mol. The number of carboxylic acids is 2. The molecular weight excluding hydrogens is 192 g/mol. The van der Waals surface area contributed by atoms with E-state index in [2.05, 4.69) is 12.6 Å². The maximum absolute atomic E-state index is 10.6. The number of hydrogen-bond donors (Lipinski definition) is 3. The molecule has 3 unspecified atom stereocenters. The molecule has 0 aromatic heterocycles. The summed E-state index contributed by atoms with van der Waals surface area (Å²) in [5, 5.41) is 17.1. The number of carbonyl (C=O) groups is 2. The molecule has 0 aliphatic heterocycles. The Kier molecular flexibility index (Phi) is 3.19. The van der Waals surface area contributed by atoms with Crippen LogP contribution in [-0.4, -0.2) is 27.4 Å². The molecule has 1 fully saturated rings. The van der Waals surface area contributed by atoms with Crippen molar-refractivity contribution in [3.05, 3.63) is 0 Å². The summed E-state index contributed by atoms with van der Waals surface area (Å²) >= 11 is 4.11. The normalized spacial score (nSPS) is 34.1. The van der Waals surface area contributed by atoms with Gasteiger partial charge in [-0.25, -0.2) is 0 Å². The first-order valence-corrected chi connectivity index (χ1v) is 4.67. The topological polar surface area (TPSA) is 74.6 Å². The van der Waals surface area contributed by atoms with E-state index in [1.165, 1.54) is 0 Å². The highest BCUT2D eigenvalue weighted by atomic mass is 32.1. The summed E-state index contributed by atoms with van der Waals surface area (Å²) in [5.41, 5.74) is 0. The van der Waals surface area contributed by atoms with Crippen molar-refractivity contribution in [3.63, 3.8) is 0 Å². The molecule has 0 amide bonds. The van der Waals surface area contributed by atoms with Gasteiger partial charge in [0, 0.05) is 5.25 Å². The lowest BCUT2D eigenvalue weighted by Gasteiger charge is -2.28. The summed E-state index contributed by atoms with van der Waals surface area (Å²) in [6, 6.07) is 0. The Morgan fingerprint density at radius 1 is 1.15 bits per heavy atom. The van der Waals surface area contributed by atoms with Gasteiger partial charge in [0.05, 0.1) is 11.8 Å². The number of carboxylic acid groups (broad SMARTS) is 2. The smallest absolute Gasteiger partial charge is 0.307 e. The zero-order chi connectivity index (χ0) is 10.0. The van der Waals surface area contributed by atoms with Crippen LogP contribution in [0.4, 0.5) is 0 Å². The molecule has 2 N–H and O–H groups in total. The van der Waals surface area contributed by atoms with Crippen molar-refractivity contribution in [2.24, 2.45) is 11.8 Å². The number of thiol groups is 1. The molecule has 0 saturated heterocycles. The van der Waals surface area contributed by atoms with Gasteiger partial charge >= 0.3 is 11.9 Å². The van der Waals surface area contributed by atoms with Gasteiger partial charge in [-0.15, -0.1) is 0 Å². The van der Waals surface area contributed by atoms with Crippen LogP contribution in [0.5, 0.6) is 0 Å². The molecule has 1 saturated carbocycles. The highest BCUT2D eigenvalue weighted by Gasteiger charge is 2.35. The van der Waals surface area contributed by atoms with Crippen molar-refractivity contribution < 1.29 is 19.8 Å². The molecule has 4 nitrogen and oxygen atoms in total. The maximum Gasteiger partial charge on any atom is 0.307 e. The van der Waals surface area contributed by atoms with Crippen LogP contribution in [0.25, 0.3) is 0 Å². The van der Waals surface area contributed by atoms with E-state index >= 15 is 0 Å². The summed E-state index contributed by atoms with van der Waals surface area (Å²) < 4.78 is 0. The van der Waals surface area contributed by atoms with Crippen molar-refractivity contribution in [2.75, 3.05) is 0 Å². The summed E-state index contributed by atoms with van der Waals surface area (Å²) in [5.74, 6) is -2.62. The standard InChI is InChI=1S/C8H12O4S/c9-7(10)4-1-2-5(8(11)12)6(13)3-4/h4-6,13H,1-3H2,(H,9,10)(H,11,12). The van der Waals surface area contributed by atoms with Crippen LogP contribution in [0.2, 0.25) is 0 Å². The first kappa shape index (κ1) is 10.4. The van der Waals surface area contributed by atoms with E-state index in [0.717, 1.165) is 0 Å². The van der Waals surface area contributed by atoms with Crippen molar-refractivity contribution in [1.82, 2.24) is 0 Å². The average molecular weight is 204 g/mol. The fourth-order valence-electron chi connectivity index (χ4n) is 1.66. The number of rotatable bonds is 2. The fourth-order valence-corrected chi connectivity index (χ4v) is 2.19. The molecule has 0 bridgehead atoms. The fraction of sp³-hybridized carbons (Fsp3) is 0.750. The van der Waals surface area contributed by atoms with Crippen molar-refractivity contribution >= 4 is 24.6 Å². The van der Waals surface area contributed by atoms with E-state index in [-0.39, 0.29) is 5.25 Å². The minimum absolute atomic E-state index is 0.327. The molecule has 1 aliphatic carbocycles. The Morgan fingerprint density at radius 2 is 1.77 bits per heavy atom. The Balaban J connectivity index is 2.56. The van der Waals surface area contributed by atoms with Crippen LogP contribution in [-0.2, 0) is 9.59 Å². The quantitative estimate of drug-likeness (QED) is 0.583. The van der Waals surface area contributed by atoms with Crippen molar-refractivity contribution in [1.29, 1.82) is 0 Å². The molecule has 3 atom stereocenters. The third-order valence-corrected chi connectivity index (χ3v) is 3.05. The van der Waals surface area contributed by atoms with Crippen molar-refractivity contribution in [2.45, 2.75) is 24.5 Å². The molecule has 0 aromatic carbocycles. The molecule has 74 valence electrons. The van der Waals surface area contributed by atoms with Crippen LogP contribution < -0.4 is 0 Å². The van der Waals surface area contributed by atoms with Gasteiger partial charge in [0.2, 0.25) is 0 Å². The summed E-state index contributed by atoms with van der Waals surface area (Å²) in [6.07, 6.45) is 1.22. The van der Waals surface area contributed by atoms with Gasteiger partial charge < -0.3 is 10.2 Å². The first-order valence-electron chi connectivity index (χ1n) is 4.16. The third-order valence-electron chi connectivity index (χ3n) is 2.48. The van der Waals surface area contributed by atoms with Gasteiger partial charge in [0.1, 0.15) is 0 Å². The van der Waals surface area contributed by atoms with Crippen molar-refractivity contribution in [3.8, 4) is 0 Å². The van der Waals surface area contributed by atoms with Gasteiger partial charge in [0.25, 0.3) is 0 Å².